The molecule has 1 aromatic carbocycles. The third-order valence-corrected chi connectivity index (χ3v) is 5.10. The highest BCUT2D eigenvalue weighted by molar-refractivity contribution is 5.63. The molecule has 6 nitrogen and oxygen atoms in total. The zero-order chi connectivity index (χ0) is 21.7. The molecule has 1 atom stereocenters. The van der Waals surface area contributed by atoms with Gasteiger partial charge in [-0.1, -0.05) is 20.3 Å². The van der Waals surface area contributed by atoms with Gasteiger partial charge in [-0.3, -0.25) is 0 Å². The van der Waals surface area contributed by atoms with E-state index in [1.165, 1.54) is 6.07 Å². The maximum atomic E-state index is 13.1. The SMILES string of the molecule is CCCCc1cc(N2CCC(NCC)C2)nc(Nc2cc(N)cc(C(F)(F)F)c2)n1. The number of likely N-dealkylation sites (N-methyl/N-ethyl adjacent to an activating group) is 1. The summed E-state index contributed by atoms with van der Waals surface area (Å²) < 4.78 is 39.4. The molecule has 0 bridgehead atoms. The van der Waals surface area contributed by atoms with E-state index in [0.29, 0.717) is 6.04 Å². The van der Waals surface area contributed by atoms with E-state index in [2.05, 4.69) is 39.3 Å². The maximum absolute atomic E-state index is 13.1. The van der Waals surface area contributed by atoms with Gasteiger partial charge in [-0.25, -0.2) is 4.98 Å². The summed E-state index contributed by atoms with van der Waals surface area (Å²) in [7, 11) is 0. The van der Waals surface area contributed by atoms with Crippen molar-refractivity contribution in [3.63, 3.8) is 0 Å². The van der Waals surface area contributed by atoms with Crippen molar-refractivity contribution in [3.05, 3.63) is 35.5 Å². The van der Waals surface area contributed by atoms with E-state index in [-0.39, 0.29) is 17.3 Å². The van der Waals surface area contributed by atoms with Crippen molar-refractivity contribution < 1.29 is 13.2 Å². The van der Waals surface area contributed by atoms with Crippen LogP contribution in [0.1, 0.15) is 44.4 Å². The van der Waals surface area contributed by atoms with Crippen LogP contribution in [0.2, 0.25) is 0 Å². The van der Waals surface area contributed by atoms with Crippen molar-refractivity contribution >= 4 is 23.1 Å². The van der Waals surface area contributed by atoms with E-state index >= 15 is 0 Å². The van der Waals surface area contributed by atoms with Crippen LogP contribution in [0.25, 0.3) is 0 Å². The fraction of sp³-hybridized carbons (Fsp3) is 0.524. The molecular weight excluding hydrogens is 393 g/mol. The lowest BCUT2D eigenvalue weighted by Crippen LogP contribution is -2.32. The van der Waals surface area contributed by atoms with Gasteiger partial charge in [-0.15, -0.1) is 0 Å². The molecule has 4 N–H and O–H groups in total. The molecule has 1 aliphatic heterocycles. The number of alkyl halides is 3. The van der Waals surface area contributed by atoms with Gasteiger partial charge in [-0.2, -0.15) is 18.2 Å². The fourth-order valence-corrected chi connectivity index (χ4v) is 3.63. The molecule has 0 aliphatic carbocycles. The van der Waals surface area contributed by atoms with Crippen molar-refractivity contribution in [2.24, 2.45) is 0 Å². The Labute approximate surface area is 175 Å². The molecule has 0 spiro atoms. The number of aromatic nitrogens is 2. The molecule has 30 heavy (non-hydrogen) atoms. The third kappa shape index (κ3) is 5.75. The van der Waals surface area contributed by atoms with Crippen LogP contribution < -0.4 is 21.3 Å². The summed E-state index contributed by atoms with van der Waals surface area (Å²) in [6, 6.07) is 5.78. The van der Waals surface area contributed by atoms with Crippen LogP contribution in [0.15, 0.2) is 24.3 Å². The molecule has 3 rings (SSSR count). The number of hydrogen-bond donors (Lipinski definition) is 3. The number of unbranched alkanes of at least 4 members (excludes halogenated alkanes) is 1. The Hall–Kier alpha value is -2.55. The number of aryl methyl sites for hydroxylation is 1. The average molecular weight is 422 g/mol. The van der Waals surface area contributed by atoms with Gasteiger partial charge < -0.3 is 21.3 Å². The minimum Gasteiger partial charge on any atom is -0.399 e. The Balaban J connectivity index is 1.88. The number of nitrogens with zero attached hydrogens (tertiary/aromatic N) is 3. The monoisotopic (exact) mass is 422 g/mol. The molecule has 1 aliphatic rings. The molecule has 0 amide bonds. The number of anilines is 4. The molecule has 2 heterocycles. The average Bonchev–Trinajstić information content (AvgIpc) is 3.14. The Bertz CT molecular complexity index is 855. The largest absolute Gasteiger partial charge is 0.416 e. The van der Waals surface area contributed by atoms with E-state index in [1.54, 1.807) is 0 Å². The van der Waals surface area contributed by atoms with Crippen LogP contribution in [-0.2, 0) is 12.6 Å². The quantitative estimate of drug-likeness (QED) is 0.549. The Morgan fingerprint density at radius 1 is 1.17 bits per heavy atom. The van der Waals surface area contributed by atoms with Gasteiger partial charge in [0.25, 0.3) is 0 Å². The lowest BCUT2D eigenvalue weighted by atomic mass is 10.1. The third-order valence-electron chi connectivity index (χ3n) is 5.10. The first kappa shape index (κ1) is 22.1. The number of nitrogen functional groups attached to an aromatic ring is 1. The number of rotatable bonds is 8. The molecule has 0 radical (unpaired) electrons. The number of benzene rings is 1. The first-order valence-electron chi connectivity index (χ1n) is 10.4. The highest BCUT2D eigenvalue weighted by Gasteiger charge is 2.31. The lowest BCUT2D eigenvalue weighted by molar-refractivity contribution is -0.137. The molecule has 2 aromatic rings. The highest BCUT2D eigenvalue weighted by Crippen LogP contribution is 2.33. The van der Waals surface area contributed by atoms with Crippen LogP contribution in [0.5, 0.6) is 0 Å². The summed E-state index contributed by atoms with van der Waals surface area (Å²) >= 11 is 0. The smallest absolute Gasteiger partial charge is 0.399 e. The fourth-order valence-electron chi connectivity index (χ4n) is 3.63. The van der Waals surface area contributed by atoms with Crippen molar-refractivity contribution in [1.29, 1.82) is 0 Å². The van der Waals surface area contributed by atoms with E-state index in [0.717, 1.165) is 69.0 Å². The number of nitrogens with two attached hydrogens (primary N) is 1. The van der Waals surface area contributed by atoms with Crippen molar-refractivity contribution in [2.45, 2.75) is 51.7 Å². The second-order valence-corrected chi connectivity index (χ2v) is 7.60. The molecule has 1 fully saturated rings. The summed E-state index contributed by atoms with van der Waals surface area (Å²) in [6.45, 7) is 6.81. The van der Waals surface area contributed by atoms with Gasteiger partial charge in [0, 0.05) is 42.3 Å². The van der Waals surface area contributed by atoms with Gasteiger partial charge in [0.15, 0.2) is 0 Å². The van der Waals surface area contributed by atoms with E-state index in [4.69, 9.17) is 5.73 Å². The van der Waals surface area contributed by atoms with Crippen LogP contribution in [0.4, 0.5) is 36.3 Å². The topological polar surface area (TPSA) is 79.1 Å². The van der Waals surface area contributed by atoms with Crippen molar-refractivity contribution in [1.82, 2.24) is 15.3 Å². The van der Waals surface area contributed by atoms with Crippen LogP contribution >= 0.6 is 0 Å². The molecule has 1 unspecified atom stereocenters. The van der Waals surface area contributed by atoms with E-state index < -0.39 is 11.7 Å². The first-order chi connectivity index (χ1) is 14.3. The molecule has 1 aromatic heterocycles. The molecule has 164 valence electrons. The second-order valence-electron chi connectivity index (χ2n) is 7.60. The summed E-state index contributed by atoms with van der Waals surface area (Å²) in [6.07, 6.45) is -0.659. The first-order valence-corrected chi connectivity index (χ1v) is 10.4. The number of halogens is 3. The number of nitrogens with one attached hydrogen (secondary N) is 2. The Morgan fingerprint density at radius 2 is 1.97 bits per heavy atom. The summed E-state index contributed by atoms with van der Waals surface area (Å²) in [5.41, 5.74) is 5.99. The van der Waals surface area contributed by atoms with Gasteiger partial charge in [0.1, 0.15) is 5.82 Å². The van der Waals surface area contributed by atoms with E-state index in [9.17, 15) is 13.2 Å². The molecule has 0 saturated carbocycles. The lowest BCUT2D eigenvalue weighted by Gasteiger charge is -2.20. The predicted molar refractivity (Wildman–Crippen MR) is 114 cm³/mol. The van der Waals surface area contributed by atoms with Crippen molar-refractivity contribution in [2.75, 3.05) is 35.6 Å². The van der Waals surface area contributed by atoms with Crippen molar-refractivity contribution in [3.8, 4) is 0 Å². The number of hydrogen-bond acceptors (Lipinski definition) is 6. The highest BCUT2D eigenvalue weighted by atomic mass is 19.4. The van der Waals surface area contributed by atoms with Gasteiger partial charge in [-0.05, 0) is 44.0 Å². The minimum atomic E-state index is -4.47. The van der Waals surface area contributed by atoms with Gasteiger partial charge in [0.2, 0.25) is 5.95 Å². The minimum absolute atomic E-state index is 0.0303. The Kier molecular flexibility index (Phi) is 7.02. The summed E-state index contributed by atoms with van der Waals surface area (Å²) in [5.74, 6) is 1.07. The molecule has 1 saturated heterocycles. The van der Waals surface area contributed by atoms with Crippen LogP contribution in [0.3, 0.4) is 0 Å². The normalized spacial score (nSPS) is 16.8. The maximum Gasteiger partial charge on any atom is 0.416 e. The molecule has 9 heteroatoms. The van der Waals surface area contributed by atoms with Gasteiger partial charge in [0.05, 0.1) is 5.56 Å². The van der Waals surface area contributed by atoms with Crippen LogP contribution in [0, 0.1) is 0 Å². The summed E-state index contributed by atoms with van der Waals surface area (Å²) in [5, 5.41) is 6.38. The van der Waals surface area contributed by atoms with E-state index in [1.807, 2.05) is 6.07 Å². The molecular formula is C21H29F3N6. The zero-order valence-electron chi connectivity index (χ0n) is 17.4. The second kappa shape index (κ2) is 9.51. The standard InChI is InChI=1S/C21H29F3N6/c1-3-5-6-16-12-19(30-8-7-17(13-30)26-4-2)29-20(27-16)28-18-10-14(21(22,23)24)9-15(25)11-18/h9-12,17,26H,3-8,13,25H2,1-2H3,(H,27,28,29). The zero-order valence-corrected chi connectivity index (χ0v) is 17.4. The Morgan fingerprint density at radius 3 is 2.67 bits per heavy atom. The van der Waals surface area contributed by atoms with Gasteiger partial charge >= 0.3 is 6.18 Å². The predicted octanol–water partition coefficient (Wildman–Crippen LogP) is 4.35. The summed E-state index contributed by atoms with van der Waals surface area (Å²) in [4.78, 5) is 11.3. The van der Waals surface area contributed by atoms with Crippen LogP contribution in [-0.4, -0.2) is 35.6 Å².